The van der Waals surface area contributed by atoms with Gasteiger partial charge in [0.25, 0.3) is 0 Å². The summed E-state index contributed by atoms with van der Waals surface area (Å²) in [5, 5.41) is 16.4. The lowest BCUT2D eigenvalue weighted by Gasteiger charge is -2.21. The predicted molar refractivity (Wildman–Crippen MR) is 104 cm³/mol. The van der Waals surface area contributed by atoms with E-state index < -0.39 is 0 Å². The fourth-order valence-electron chi connectivity index (χ4n) is 3.33. The number of nitrogens with zero attached hydrogens (tertiary/aromatic N) is 4. The molecule has 1 amide bonds. The van der Waals surface area contributed by atoms with Gasteiger partial charge in [0.1, 0.15) is 5.15 Å². The maximum absolute atomic E-state index is 12.2. The zero-order valence-corrected chi connectivity index (χ0v) is 15.3. The number of rotatable bonds is 2. The SMILES string of the molecule is CC(=O)N1N=C(c2cccc(C#N)c2)CC1c1cc2ccccc2nc1Cl. The topological polar surface area (TPSA) is 69.3 Å². The van der Waals surface area contributed by atoms with E-state index in [0.717, 1.165) is 27.7 Å². The smallest absolute Gasteiger partial charge is 0.240 e. The molecule has 4 rings (SSSR count). The van der Waals surface area contributed by atoms with Crippen molar-refractivity contribution in [3.8, 4) is 6.07 Å². The summed E-state index contributed by atoms with van der Waals surface area (Å²) in [6, 6.07) is 18.7. The van der Waals surface area contributed by atoms with Crippen LogP contribution in [0.3, 0.4) is 0 Å². The largest absolute Gasteiger partial charge is 0.273 e. The second kappa shape index (κ2) is 6.82. The number of para-hydroxylation sites is 1. The molecule has 0 radical (unpaired) electrons. The Morgan fingerprint density at radius 2 is 2.04 bits per heavy atom. The zero-order valence-electron chi connectivity index (χ0n) is 14.6. The van der Waals surface area contributed by atoms with Crippen molar-refractivity contribution in [2.24, 2.45) is 5.10 Å². The highest BCUT2D eigenvalue weighted by Gasteiger charge is 2.33. The van der Waals surface area contributed by atoms with Crippen LogP contribution in [0.2, 0.25) is 5.15 Å². The lowest BCUT2D eigenvalue weighted by atomic mass is 9.97. The number of carbonyl (C=O) groups excluding carboxylic acids is 1. The maximum atomic E-state index is 12.2. The lowest BCUT2D eigenvalue weighted by Crippen LogP contribution is -2.24. The van der Waals surface area contributed by atoms with Crippen LogP contribution in [0.25, 0.3) is 10.9 Å². The first-order valence-corrected chi connectivity index (χ1v) is 8.87. The second-order valence-electron chi connectivity index (χ2n) is 6.38. The van der Waals surface area contributed by atoms with Crippen LogP contribution < -0.4 is 0 Å². The van der Waals surface area contributed by atoms with E-state index >= 15 is 0 Å². The number of pyridine rings is 1. The molecule has 6 heteroatoms. The third-order valence-corrected chi connectivity index (χ3v) is 4.92. The quantitative estimate of drug-likeness (QED) is 0.622. The van der Waals surface area contributed by atoms with Crippen LogP contribution in [-0.2, 0) is 4.79 Å². The molecule has 2 aromatic carbocycles. The number of hydrazone groups is 1. The molecular weight excluding hydrogens is 360 g/mol. The van der Waals surface area contributed by atoms with Gasteiger partial charge in [-0.3, -0.25) is 4.79 Å². The minimum Gasteiger partial charge on any atom is -0.273 e. The summed E-state index contributed by atoms with van der Waals surface area (Å²) in [6.45, 7) is 1.48. The number of aromatic nitrogens is 1. The van der Waals surface area contributed by atoms with Crippen LogP contribution in [0, 0.1) is 11.3 Å². The predicted octanol–water partition coefficient (Wildman–Crippen LogP) is 4.46. The zero-order chi connectivity index (χ0) is 19.0. The van der Waals surface area contributed by atoms with Gasteiger partial charge in [0.05, 0.1) is 28.9 Å². The molecule has 0 N–H and O–H groups in total. The number of halogens is 1. The van der Waals surface area contributed by atoms with Crippen molar-refractivity contribution in [1.29, 1.82) is 5.26 Å². The fourth-order valence-corrected chi connectivity index (χ4v) is 3.60. The Morgan fingerprint density at radius 3 is 2.81 bits per heavy atom. The first kappa shape index (κ1) is 17.2. The molecular formula is C21H15ClN4O. The monoisotopic (exact) mass is 374 g/mol. The maximum Gasteiger partial charge on any atom is 0.240 e. The normalized spacial score (nSPS) is 16.3. The summed E-state index contributed by atoms with van der Waals surface area (Å²) in [7, 11) is 0. The van der Waals surface area contributed by atoms with Gasteiger partial charge in [-0.25, -0.2) is 9.99 Å². The van der Waals surface area contributed by atoms with Crippen molar-refractivity contribution in [1.82, 2.24) is 9.99 Å². The summed E-state index contributed by atoms with van der Waals surface area (Å²) in [4.78, 5) is 16.7. The van der Waals surface area contributed by atoms with Crippen molar-refractivity contribution >= 4 is 34.1 Å². The first-order chi connectivity index (χ1) is 13.1. The van der Waals surface area contributed by atoms with E-state index in [9.17, 15) is 4.79 Å². The van der Waals surface area contributed by atoms with E-state index in [1.807, 2.05) is 42.5 Å². The van der Waals surface area contributed by atoms with E-state index in [0.29, 0.717) is 17.1 Å². The van der Waals surface area contributed by atoms with Crippen LogP contribution in [0.4, 0.5) is 0 Å². The number of hydrogen-bond donors (Lipinski definition) is 0. The summed E-state index contributed by atoms with van der Waals surface area (Å²) in [5.74, 6) is -0.171. The summed E-state index contributed by atoms with van der Waals surface area (Å²) < 4.78 is 0. The molecule has 5 nitrogen and oxygen atoms in total. The van der Waals surface area contributed by atoms with Crippen LogP contribution in [0.5, 0.6) is 0 Å². The van der Waals surface area contributed by atoms with Crippen molar-refractivity contribution in [3.63, 3.8) is 0 Å². The number of hydrogen-bond acceptors (Lipinski definition) is 4. The van der Waals surface area contributed by atoms with Crippen molar-refractivity contribution in [2.75, 3.05) is 0 Å². The molecule has 27 heavy (non-hydrogen) atoms. The number of carbonyl (C=O) groups is 1. The van der Waals surface area contributed by atoms with Gasteiger partial charge in [0, 0.05) is 24.3 Å². The van der Waals surface area contributed by atoms with E-state index in [4.69, 9.17) is 16.9 Å². The Labute approximate surface area is 161 Å². The highest BCUT2D eigenvalue weighted by Crippen LogP contribution is 2.37. The Balaban J connectivity index is 1.77. The van der Waals surface area contributed by atoms with E-state index in [1.165, 1.54) is 11.9 Å². The van der Waals surface area contributed by atoms with Crippen LogP contribution >= 0.6 is 11.6 Å². The fraction of sp³-hybridized carbons (Fsp3) is 0.143. The molecule has 1 aliphatic rings. The Morgan fingerprint density at radius 1 is 1.22 bits per heavy atom. The van der Waals surface area contributed by atoms with Crippen molar-refractivity contribution in [3.05, 3.63) is 76.4 Å². The number of nitriles is 1. The lowest BCUT2D eigenvalue weighted by molar-refractivity contribution is -0.130. The number of benzene rings is 2. The molecule has 132 valence electrons. The molecule has 0 saturated carbocycles. The molecule has 3 aromatic rings. The van der Waals surface area contributed by atoms with Gasteiger partial charge < -0.3 is 0 Å². The summed E-state index contributed by atoms with van der Waals surface area (Å²) in [6.07, 6.45) is 0.508. The Kier molecular flexibility index (Phi) is 4.35. The van der Waals surface area contributed by atoms with E-state index in [-0.39, 0.29) is 11.9 Å². The summed E-state index contributed by atoms with van der Waals surface area (Å²) >= 11 is 6.45. The van der Waals surface area contributed by atoms with Gasteiger partial charge in [0.2, 0.25) is 5.91 Å². The van der Waals surface area contributed by atoms with Gasteiger partial charge in [-0.15, -0.1) is 0 Å². The molecule has 1 atom stereocenters. The van der Waals surface area contributed by atoms with Crippen LogP contribution in [0.15, 0.2) is 59.7 Å². The first-order valence-electron chi connectivity index (χ1n) is 8.50. The molecule has 0 saturated heterocycles. The van der Waals surface area contributed by atoms with E-state index in [1.54, 1.807) is 12.1 Å². The summed E-state index contributed by atoms with van der Waals surface area (Å²) in [5.41, 5.74) is 3.70. The minimum atomic E-state index is -0.326. The number of amides is 1. The second-order valence-corrected chi connectivity index (χ2v) is 6.74. The van der Waals surface area contributed by atoms with E-state index in [2.05, 4.69) is 16.2 Å². The number of fused-ring (bicyclic) bond motifs is 1. The average molecular weight is 375 g/mol. The van der Waals surface area contributed by atoms with Crippen LogP contribution in [-0.4, -0.2) is 21.6 Å². The standard InChI is InChI=1S/C21H15ClN4O/c1-13(27)26-20(11-19(25-26)15-7-4-5-14(9-15)12-23)17-10-16-6-2-3-8-18(16)24-21(17)22/h2-10,20H,11H2,1H3. The molecule has 1 aliphatic heterocycles. The average Bonchev–Trinajstić information content (AvgIpc) is 3.13. The molecule has 1 aromatic heterocycles. The van der Waals surface area contributed by atoms with Gasteiger partial charge in [-0.2, -0.15) is 10.4 Å². The molecule has 1 unspecified atom stereocenters. The van der Waals surface area contributed by atoms with Gasteiger partial charge in [-0.1, -0.05) is 41.9 Å². The Bertz CT molecular complexity index is 1130. The molecule has 0 bridgehead atoms. The molecule has 0 aliphatic carbocycles. The molecule has 0 spiro atoms. The highest BCUT2D eigenvalue weighted by atomic mass is 35.5. The van der Waals surface area contributed by atoms with Crippen molar-refractivity contribution in [2.45, 2.75) is 19.4 Å². The molecule has 2 heterocycles. The highest BCUT2D eigenvalue weighted by molar-refractivity contribution is 6.30. The molecule has 0 fully saturated rings. The van der Waals surface area contributed by atoms with Gasteiger partial charge in [-0.05, 0) is 29.8 Å². The third-order valence-electron chi connectivity index (χ3n) is 4.62. The Hall–Kier alpha value is -3.23. The van der Waals surface area contributed by atoms with Gasteiger partial charge >= 0.3 is 0 Å². The van der Waals surface area contributed by atoms with Crippen molar-refractivity contribution < 1.29 is 4.79 Å². The van der Waals surface area contributed by atoms with Crippen LogP contribution in [0.1, 0.15) is 36.1 Å². The minimum absolute atomic E-state index is 0.171. The van der Waals surface area contributed by atoms with Gasteiger partial charge in [0.15, 0.2) is 0 Å². The third kappa shape index (κ3) is 3.16.